The van der Waals surface area contributed by atoms with Crippen LogP contribution in [0.1, 0.15) is 35.7 Å². The van der Waals surface area contributed by atoms with Gasteiger partial charge in [-0.05, 0) is 37.5 Å². The van der Waals surface area contributed by atoms with Crippen LogP contribution in [0.5, 0.6) is 5.75 Å². The molecule has 1 amide bonds. The third kappa shape index (κ3) is 7.32. The zero-order valence-corrected chi connectivity index (χ0v) is 15.2. The van der Waals surface area contributed by atoms with E-state index >= 15 is 0 Å². The average molecular weight is 369 g/mol. The highest BCUT2D eigenvalue weighted by Crippen LogP contribution is 2.14. The molecule has 27 heavy (non-hydrogen) atoms. The summed E-state index contributed by atoms with van der Waals surface area (Å²) in [5, 5.41) is 11.8. The maximum Gasteiger partial charge on any atom is 0.303 e. The van der Waals surface area contributed by atoms with Gasteiger partial charge in [0.2, 0.25) is 0 Å². The number of carbonyl (C=O) groups is 3. The van der Waals surface area contributed by atoms with Crippen molar-refractivity contribution in [2.45, 2.75) is 32.2 Å². The van der Waals surface area contributed by atoms with Crippen molar-refractivity contribution in [1.82, 2.24) is 5.32 Å². The van der Waals surface area contributed by atoms with E-state index in [0.717, 1.165) is 5.56 Å². The fourth-order valence-electron chi connectivity index (χ4n) is 2.64. The summed E-state index contributed by atoms with van der Waals surface area (Å²) in [6, 6.07) is 15.9. The van der Waals surface area contributed by atoms with Crippen molar-refractivity contribution in [2.24, 2.45) is 0 Å². The molecule has 0 aromatic heterocycles. The Morgan fingerprint density at radius 2 is 1.81 bits per heavy atom. The Morgan fingerprint density at radius 1 is 1.07 bits per heavy atom. The summed E-state index contributed by atoms with van der Waals surface area (Å²) in [4.78, 5) is 34.5. The van der Waals surface area contributed by atoms with E-state index < -0.39 is 5.97 Å². The second kappa shape index (κ2) is 10.1. The minimum Gasteiger partial charge on any atom is -0.484 e. The molecule has 0 radical (unpaired) electrons. The predicted octanol–water partition coefficient (Wildman–Crippen LogP) is 2.86. The number of Topliss-reactive ketones (excluding diaryl/α,β-unsaturated/α-hetero) is 1. The molecule has 0 heterocycles. The number of ether oxygens (including phenoxy) is 1. The van der Waals surface area contributed by atoms with Crippen LogP contribution in [-0.2, 0) is 16.0 Å². The molecule has 1 atom stereocenters. The number of rotatable bonds is 10. The minimum absolute atomic E-state index is 0.0285. The summed E-state index contributed by atoms with van der Waals surface area (Å²) in [6.45, 7) is 1.25. The topological polar surface area (TPSA) is 92.7 Å². The van der Waals surface area contributed by atoms with Crippen LogP contribution < -0.4 is 10.1 Å². The first-order chi connectivity index (χ1) is 12.9. The number of hydrogen-bond donors (Lipinski definition) is 2. The normalized spacial score (nSPS) is 11.4. The van der Waals surface area contributed by atoms with Gasteiger partial charge in [-0.15, -0.1) is 0 Å². The second-order valence-corrected chi connectivity index (χ2v) is 6.26. The zero-order chi connectivity index (χ0) is 19.6. The average Bonchev–Trinajstić information content (AvgIpc) is 2.65. The summed E-state index contributed by atoms with van der Waals surface area (Å²) in [7, 11) is 0. The van der Waals surface area contributed by atoms with Gasteiger partial charge in [-0.1, -0.05) is 42.5 Å². The molecule has 6 heteroatoms. The molecule has 6 nitrogen and oxygen atoms in total. The molecule has 1 unspecified atom stereocenters. The Bertz CT molecular complexity index is 788. The van der Waals surface area contributed by atoms with Gasteiger partial charge in [0.25, 0.3) is 5.91 Å². The van der Waals surface area contributed by atoms with Gasteiger partial charge >= 0.3 is 5.97 Å². The number of carbonyl (C=O) groups excluding carboxylic acids is 2. The van der Waals surface area contributed by atoms with Crippen molar-refractivity contribution in [3.05, 3.63) is 65.7 Å². The quantitative estimate of drug-likeness (QED) is 0.628. The van der Waals surface area contributed by atoms with Gasteiger partial charge in [0.1, 0.15) is 5.75 Å². The molecule has 0 aliphatic heterocycles. The Kier molecular flexibility index (Phi) is 7.55. The van der Waals surface area contributed by atoms with E-state index in [0.29, 0.717) is 24.2 Å². The van der Waals surface area contributed by atoms with Crippen molar-refractivity contribution >= 4 is 17.7 Å². The van der Waals surface area contributed by atoms with Crippen LogP contribution in [0.2, 0.25) is 0 Å². The van der Waals surface area contributed by atoms with Crippen LogP contribution in [-0.4, -0.2) is 35.4 Å². The molecule has 0 saturated carbocycles. The van der Waals surface area contributed by atoms with Crippen molar-refractivity contribution in [2.75, 3.05) is 6.61 Å². The van der Waals surface area contributed by atoms with E-state index in [1.54, 1.807) is 24.3 Å². The number of carboxylic acids is 1. The van der Waals surface area contributed by atoms with Gasteiger partial charge in [0.05, 0.1) is 0 Å². The second-order valence-electron chi connectivity index (χ2n) is 6.26. The number of benzene rings is 2. The molecule has 0 aliphatic rings. The van der Waals surface area contributed by atoms with Crippen molar-refractivity contribution in [3.8, 4) is 5.75 Å². The van der Waals surface area contributed by atoms with E-state index in [1.807, 2.05) is 30.3 Å². The molecule has 2 N–H and O–H groups in total. The monoisotopic (exact) mass is 369 g/mol. The Morgan fingerprint density at radius 3 is 2.48 bits per heavy atom. The molecule has 0 fully saturated rings. The minimum atomic E-state index is -0.903. The third-order valence-electron chi connectivity index (χ3n) is 4.01. The molecule has 2 aromatic carbocycles. The highest BCUT2D eigenvalue weighted by atomic mass is 16.5. The first-order valence-electron chi connectivity index (χ1n) is 8.73. The number of nitrogens with one attached hydrogen (secondary N) is 1. The molecule has 0 aliphatic carbocycles. The van der Waals surface area contributed by atoms with E-state index in [1.165, 1.54) is 6.92 Å². The third-order valence-corrected chi connectivity index (χ3v) is 4.01. The number of hydrogen-bond acceptors (Lipinski definition) is 4. The van der Waals surface area contributed by atoms with Gasteiger partial charge in [-0.25, -0.2) is 0 Å². The van der Waals surface area contributed by atoms with Crippen molar-refractivity contribution in [3.63, 3.8) is 0 Å². The van der Waals surface area contributed by atoms with E-state index in [9.17, 15) is 14.4 Å². The maximum absolute atomic E-state index is 12.2. The maximum atomic E-state index is 12.2. The lowest BCUT2D eigenvalue weighted by atomic mass is 10.0. The molecule has 0 bridgehead atoms. The SMILES string of the molecule is CC(=O)c1cccc(OCC(=O)NC(CCC(=O)O)Cc2ccccc2)c1. The van der Waals surface area contributed by atoms with E-state index in [4.69, 9.17) is 9.84 Å². The fourth-order valence-corrected chi connectivity index (χ4v) is 2.64. The highest BCUT2D eigenvalue weighted by molar-refractivity contribution is 5.94. The summed E-state index contributed by atoms with van der Waals surface area (Å²) >= 11 is 0. The van der Waals surface area contributed by atoms with Gasteiger partial charge in [-0.2, -0.15) is 0 Å². The van der Waals surface area contributed by atoms with Crippen LogP contribution in [0.15, 0.2) is 54.6 Å². The Hall–Kier alpha value is -3.15. The number of ketones is 1. The van der Waals surface area contributed by atoms with Crippen LogP contribution >= 0.6 is 0 Å². The molecular formula is C21H23NO5. The summed E-state index contributed by atoms with van der Waals surface area (Å²) in [6.07, 6.45) is 0.842. The lowest BCUT2D eigenvalue weighted by molar-refractivity contribution is -0.137. The predicted molar refractivity (Wildman–Crippen MR) is 101 cm³/mol. The van der Waals surface area contributed by atoms with Crippen molar-refractivity contribution < 1.29 is 24.2 Å². The van der Waals surface area contributed by atoms with Gasteiger partial charge < -0.3 is 15.2 Å². The molecule has 0 saturated heterocycles. The van der Waals surface area contributed by atoms with Crippen molar-refractivity contribution in [1.29, 1.82) is 0 Å². The molecule has 2 aromatic rings. The van der Waals surface area contributed by atoms with E-state index in [-0.39, 0.29) is 30.8 Å². The molecule has 0 spiro atoms. The summed E-state index contributed by atoms with van der Waals surface area (Å²) in [5.41, 5.74) is 1.53. The Balaban J connectivity index is 1.92. The lowest BCUT2D eigenvalue weighted by Gasteiger charge is -2.18. The number of carboxylic acid groups (broad SMARTS) is 1. The number of amides is 1. The highest BCUT2D eigenvalue weighted by Gasteiger charge is 2.15. The molecule has 2 rings (SSSR count). The summed E-state index contributed by atoms with van der Waals surface area (Å²) in [5.74, 6) is -0.890. The fraction of sp³-hybridized carbons (Fsp3) is 0.286. The Labute approximate surface area is 158 Å². The van der Waals surface area contributed by atoms with Crippen LogP contribution in [0.3, 0.4) is 0 Å². The van der Waals surface area contributed by atoms with E-state index in [2.05, 4.69) is 5.32 Å². The van der Waals surface area contributed by atoms with Gasteiger partial charge in [0, 0.05) is 18.0 Å². The first kappa shape index (κ1) is 20.2. The standard InChI is InChI=1S/C21H23NO5/c1-15(23)17-8-5-9-19(13-17)27-14-20(24)22-18(10-11-21(25)26)12-16-6-3-2-4-7-16/h2-9,13,18H,10-12,14H2,1H3,(H,22,24)(H,25,26). The van der Waals surface area contributed by atoms with Crippen LogP contribution in [0.25, 0.3) is 0 Å². The largest absolute Gasteiger partial charge is 0.484 e. The van der Waals surface area contributed by atoms with Gasteiger partial charge in [0.15, 0.2) is 12.4 Å². The van der Waals surface area contributed by atoms with Crippen LogP contribution in [0.4, 0.5) is 0 Å². The number of aliphatic carboxylic acids is 1. The smallest absolute Gasteiger partial charge is 0.303 e. The van der Waals surface area contributed by atoms with Gasteiger partial charge in [-0.3, -0.25) is 14.4 Å². The molecule has 142 valence electrons. The summed E-state index contributed by atoms with van der Waals surface area (Å²) < 4.78 is 5.45. The molecular weight excluding hydrogens is 346 g/mol. The lowest BCUT2D eigenvalue weighted by Crippen LogP contribution is -2.39. The zero-order valence-electron chi connectivity index (χ0n) is 15.2. The van der Waals surface area contributed by atoms with Crippen LogP contribution in [0, 0.1) is 0 Å². The first-order valence-corrected chi connectivity index (χ1v) is 8.73.